The van der Waals surface area contributed by atoms with Gasteiger partial charge in [0.2, 0.25) is 0 Å². The highest BCUT2D eigenvalue weighted by atomic mass is 16.6. The second kappa shape index (κ2) is 20.7. The van der Waals surface area contributed by atoms with E-state index in [1.165, 1.54) is 116 Å². The van der Waals surface area contributed by atoms with Crippen molar-refractivity contribution in [2.24, 2.45) is 0 Å². The second-order valence-corrected chi connectivity index (χ2v) is 9.33. The Morgan fingerprint density at radius 1 is 0.517 bits per heavy atom. The van der Waals surface area contributed by atoms with Crippen LogP contribution in [0.5, 0.6) is 0 Å². The molecule has 2 heteroatoms. The van der Waals surface area contributed by atoms with E-state index in [9.17, 15) is 4.79 Å². The molecule has 0 heterocycles. The second-order valence-electron chi connectivity index (χ2n) is 9.33. The summed E-state index contributed by atoms with van der Waals surface area (Å²) >= 11 is 0. The fraction of sp³-hybridized carbons (Fsp3) is 0.963. The van der Waals surface area contributed by atoms with Gasteiger partial charge in [0.25, 0.3) is 0 Å². The molecule has 0 radical (unpaired) electrons. The molecule has 0 saturated heterocycles. The fourth-order valence-electron chi connectivity index (χ4n) is 4.52. The number of ether oxygens (including phenoxy) is 1. The summed E-state index contributed by atoms with van der Waals surface area (Å²) in [5.74, 6) is -0.0760. The van der Waals surface area contributed by atoms with Gasteiger partial charge in [-0.3, -0.25) is 4.79 Å². The van der Waals surface area contributed by atoms with Gasteiger partial charge in [-0.15, -0.1) is 0 Å². The highest BCUT2D eigenvalue weighted by Crippen LogP contribution is 2.33. The third-order valence-corrected chi connectivity index (χ3v) is 6.32. The minimum Gasteiger partial charge on any atom is -0.459 e. The molecule has 0 atom stereocenters. The van der Waals surface area contributed by atoms with Crippen molar-refractivity contribution in [3.8, 4) is 0 Å². The van der Waals surface area contributed by atoms with E-state index in [-0.39, 0.29) is 11.6 Å². The van der Waals surface area contributed by atoms with Crippen molar-refractivity contribution in [3.63, 3.8) is 0 Å². The van der Waals surface area contributed by atoms with Crippen LogP contribution in [0.2, 0.25) is 0 Å². The lowest BCUT2D eigenvalue weighted by Crippen LogP contribution is -2.34. The van der Waals surface area contributed by atoms with Gasteiger partial charge in [-0.2, -0.15) is 0 Å². The normalized spacial score (nSPS) is 11.7. The van der Waals surface area contributed by atoms with Crippen LogP contribution in [0, 0.1) is 0 Å². The number of carbonyl (C=O) groups is 1. The van der Waals surface area contributed by atoms with Gasteiger partial charge in [0.1, 0.15) is 5.60 Å². The van der Waals surface area contributed by atoms with Crippen LogP contribution in [-0.2, 0) is 9.53 Å². The van der Waals surface area contributed by atoms with E-state index in [1.807, 2.05) is 0 Å². The lowest BCUT2D eigenvalue weighted by molar-refractivity contribution is -0.160. The van der Waals surface area contributed by atoms with Crippen LogP contribution in [-0.4, -0.2) is 11.6 Å². The summed E-state index contributed by atoms with van der Waals surface area (Å²) in [5.41, 5.74) is -0.188. The first-order valence-corrected chi connectivity index (χ1v) is 13.3. The summed E-state index contributed by atoms with van der Waals surface area (Å²) in [6.07, 6.45) is 26.7. The van der Waals surface area contributed by atoms with Crippen LogP contribution >= 0.6 is 0 Å². The molecule has 0 unspecified atom stereocenters. The smallest absolute Gasteiger partial charge is 0.303 e. The molecular formula is C27H54O2. The van der Waals surface area contributed by atoms with E-state index in [4.69, 9.17) is 4.74 Å². The van der Waals surface area contributed by atoms with Crippen LogP contribution in [0.25, 0.3) is 0 Å². The van der Waals surface area contributed by atoms with Gasteiger partial charge in [-0.25, -0.2) is 0 Å². The minimum absolute atomic E-state index is 0.0760. The Hall–Kier alpha value is -0.530. The number of unbranched alkanes of at least 4 members (excludes halogenated alkanes) is 15. The number of hydrogen-bond donors (Lipinski definition) is 0. The van der Waals surface area contributed by atoms with Crippen molar-refractivity contribution < 1.29 is 9.53 Å². The van der Waals surface area contributed by atoms with E-state index in [1.54, 1.807) is 6.92 Å². The number of rotatable bonds is 22. The van der Waals surface area contributed by atoms with Gasteiger partial charge in [0.15, 0.2) is 0 Å². The zero-order valence-corrected chi connectivity index (χ0v) is 20.7. The standard InChI is InChI=1S/C27H54O2/c1-5-8-11-14-17-20-23-27(29-26(4)28,24-21-18-15-12-9-6-2)25-22-19-16-13-10-7-3/h5-25H2,1-4H3. The lowest BCUT2D eigenvalue weighted by atomic mass is 9.84. The molecule has 0 aliphatic carbocycles. The van der Waals surface area contributed by atoms with Gasteiger partial charge in [0.05, 0.1) is 0 Å². The molecule has 0 saturated carbocycles. The average Bonchev–Trinajstić information content (AvgIpc) is 2.69. The van der Waals surface area contributed by atoms with E-state index < -0.39 is 0 Å². The van der Waals surface area contributed by atoms with Gasteiger partial charge in [0, 0.05) is 6.92 Å². The van der Waals surface area contributed by atoms with Crippen LogP contribution in [0.1, 0.15) is 163 Å². The monoisotopic (exact) mass is 410 g/mol. The van der Waals surface area contributed by atoms with E-state index in [0.29, 0.717) is 0 Å². The van der Waals surface area contributed by atoms with E-state index >= 15 is 0 Å². The largest absolute Gasteiger partial charge is 0.459 e. The maximum Gasteiger partial charge on any atom is 0.303 e. The first kappa shape index (κ1) is 28.5. The molecule has 0 rings (SSSR count). The lowest BCUT2D eigenvalue weighted by Gasteiger charge is -2.34. The molecule has 29 heavy (non-hydrogen) atoms. The van der Waals surface area contributed by atoms with E-state index in [0.717, 1.165) is 19.3 Å². The molecule has 0 fully saturated rings. The Morgan fingerprint density at radius 3 is 1.07 bits per heavy atom. The topological polar surface area (TPSA) is 26.3 Å². The molecule has 0 aromatic rings. The SMILES string of the molecule is CCCCCCCCC(CCCCCCCC)(CCCCCCCC)OC(C)=O. The summed E-state index contributed by atoms with van der Waals surface area (Å²) in [4.78, 5) is 12.0. The van der Waals surface area contributed by atoms with Gasteiger partial charge >= 0.3 is 5.97 Å². The van der Waals surface area contributed by atoms with Crippen LogP contribution in [0.15, 0.2) is 0 Å². The summed E-state index contributed by atoms with van der Waals surface area (Å²) in [6, 6.07) is 0. The van der Waals surface area contributed by atoms with Crippen LogP contribution < -0.4 is 0 Å². The molecule has 0 aromatic heterocycles. The summed E-state index contributed by atoms with van der Waals surface area (Å²) in [6.45, 7) is 8.42. The van der Waals surface area contributed by atoms with Crippen molar-refractivity contribution in [2.45, 2.75) is 168 Å². The Labute approximate surface area is 184 Å². The van der Waals surface area contributed by atoms with Crippen LogP contribution in [0.4, 0.5) is 0 Å². The predicted octanol–water partition coefficient (Wildman–Crippen LogP) is 9.54. The maximum atomic E-state index is 12.0. The highest BCUT2D eigenvalue weighted by Gasteiger charge is 2.31. The highest BCUT2D eigenvalue weighted by molar-refractivity contribution is 5.66. The summed E-state index contributed by atoms with van der Waals surface area (Å²) in [7, 11) is 0. The molecular weight excluding hydrogens is 356 g/mol. The van der Waals surface area contributed by atoms with Crippen molar-refractivity contribution in [1.29, 1.82) is 0 Å². The molecule has 0 aliphatic heterocycles. The number of esters is 1. The predicted molar refractivity (Wildman–Crippen MR) is 128 cm³/mol. The van der Waals surface area contributed by atoms with Gasteiger partial charge in [-0.1, -0.05) is 117 Å². The Morgan fingerprint density at radius 2 is 0.793 bits per heavy atom. The summed E-state index contributed by atoms with van der Waals surface area (Å²) in [5, 5.41) is 0. The molecule has 2 nitrogen and oxygen atoms in total. The maximum absolute atomic E-state index is 12.0. The Bertz CT molecular complexity index is 310. The number of hydrogen-bond acceptors (Lipinski definition) is 2. The first-order valence-electron chi connectivity index (χ1n) is 13.3. The molecule has 0 bridgehead atoms. The Kier molecular flexibility index (Phi) is 20.4. The van der Waals surface area contributed by atoms with Crippen LogP contribution in [0.3, 0.4) is 0 Å². The van der Waals surface area contributed by atoms with Gasteiger partial charge in [-0.05, 0) is 38.5 Å². The fourth-order valence-corrected chi connectivity index (χ4v) is 4.52. The zero-order chi connectivity index (χ0) is 21.6. The Balaban J connectivity index is 4.59. The van der Waals surface area contributed by atoms with E-state index in [2.05, 4.69) is 20.8 Å². The average molecular weight is 411 g/mol. The summed E-state index contributed by atoms with van der Waals surface area (Å²) < 4.78 is 6.08. The van der Waals surface area contributed by atoms with Gasteiger partial charge < -0.3 is 4.74 Å². The third kappa shape index (κ3) is 18.0. The molecule has 174 valence electrons. The zero-order valence-electron chi connectivity index (χ0n) is 20.7. The molecule has 0 N–H and O–H groups in total. The first-order chi connectivity index (χ1) is 14.1. The third-order valence-electron chi connectivity index (χ3n) is 6.32. The molecule has 0 aromatic carbocycles. The number of carbonyl (C=O) groups excluding carboxylic acids is 1. The van der Waals surface area contributed by atoms with Crippen molar-refractivity contribution in [2.75, 3.05) is 0 Å². The quantitative estimate of drug-likeness (QED) is 0.131. The van der Waals surface area contributed by atoms with Crippen molar-refractivity contribution in [1.82, 2.24) is 0 Å². The molecule has 0 amide bonds. The van der Waals surface area contributed by atoms with Crippen molar-refractivity contribution >= 4 is 5.97 Å². The minimum atomic E-state index is -0.188. The van der Waals surface area contributed by atoms with Crippen molar-refractivity contribution in [3.05, 3.63) is 0 Å². The molecule has 0 spiro atoms. The molecule has 0 aliphatic rings.